The zero-order chi connectivity index (χ0) is 15.6. The van der Waals surface area contributed by atoms with Crippen molar-refractivity contribution in [2.45, 2.75) is 4.90 Å². The Morgan fingerprint density at radius 2 is 1.81 bits per heavy atom. The number of nitrogens with one attached hydrogen (secondary N) is 1. The van der Waals surface area contributed by atoms with Crippen LogP contribution in [0.1, 0.15) is 5.56 Å². The highest BCUT2D eigenvalue weighted by atomic mass is 35.5. The molecule has 0 aliphatic carbocycles. The van der Waals surface area contributed by atoms with Crippen molar-refractivity contribution in [1.29, 1.82) is 0 Å². The molecule has 0 saturated carbocycles. The number of halogens is 2. The van der Waals surface area contributed by atoms with Crippen molar-refractivity contribution >= 4 is 44.5 Å². The summed E-state index contributed by atoms with van der Waals surface area (Å²) < 4.78 is 39.4. The summed E-state index contributed by atoms with van der Waals surface area (Å²) in [6.45, 7) is 0. The van der Waals surface area contributed by atoms with Gasteiger partial charge in [0.05, 0.1) is 15.6 Å². The Morgan fingerprint density at radius 3 is 2.33 bits per heavy atom. The van der Waals surface area contributed by atoms with Crippen LogP contribution >= 0.6 is 23.8 Å². The van der Waals surface area contributed by atoms with Crippen molar-refractivity contribution in [3.05, 3.63) is 58.9 Å². The fourth-order valence-corrected chi connectivity index (χ4v) is 3.06. The Kier molecular flexibility index (Phi) is 4.46. The smallest absolute Gasteiger partial charge is 0.261 e. The Labute approximate surface area is 131 Å². The molecule has 0 fully saturated rings. The third-order valence-corrected chi connectivity index (χ3v) is 4.55. The van der Waals surface area contributed by atoms with E-state index >= 15 is 0 Å². The van der Waals surface area contributed by atoms with Crippen molar-refractivity contribution in [3.8, 4) is 0 Å². The Balaban J connectivity index is 2.32. The van der Waals surface area contributed by atoms with Crippen molar-refractivity contribution in [2.24, 2.45) is 5.73 Å². The molecular formula is C13H10ClFN2O2S2. The van der Waals surface area contributed by atoms with Crippen LogP contribution in [0.5, 0.6) is 0 Å². The van der Waals surface area contributed by atoms with Gasteiger partial charge in [-0.05, 0) is 42.5 Å². The van der Waals surface area contributed by atoms with E-state index in [1.54, 1.807) is 6.07 Å². The van der Waals surface area contributed by atoms with Gasteiger partial charge < -0.3 is 5.73 Å². The van der Waals surface area contributed by atoms with Crippen LogP contribution in [0.3, 0.4) is 0 Å². The Hall–Kier alpha value is -1.70. The van der Waals surface area contributed by atoms with E-state index in [2.05, 4.69) is 4.72 Å². The van der Waals surface area contributed by atoms with Crippen LogP contribution < -0.4 is 10.5 Å². The second-order valence-corrected chi connectivity index (χ2v) is 6.65. The zero-order valence-electron chi connectivity index (χ0n) is 10.5. The van der Waals surface area contributed by atoms with Gasteiger partial charge >= 0.3 is 0 Å². The normalized spacial score (nSPS) is 11.1. The monoisotopic (exact) mass is 344 g/mol. The van der Waals surface area contributed by atoms with E-state index in [9.17, 15) is 12.8 Å². The maximum absolute atomic E-state index is 12.8. The fourth-order valence-electron chi connectivity index (χ4n) is 1.57. The molecule has 4 nitrogen and oxygen atoms in total. The number of benzene rings is 2. The highest BCUT2D eigenvalue weighted by molar-refractivity contribution is 7.92. The quantitative estimate of drug-likeness (QED) is 0.836. The van der Waals surface area contributed by atoms with Gasteiger partial charge in [0.1, 0.15) is 10.8 Å². The second kappa shape index (κ2) is 5.97. The van der Waals surface area contributed by atoms with Gasteiger partial charge in [-0.25, -0.2) is 12.8 Å². The minimum Gasteiger partial charge on any atom is -0.389 e. The molecule has 110 valence electrons. The summed E-state index contributed by atoms with van der Waals surface area (Å²) in [4.78, 5) is 0.0863. The van der Waals surface area contributed by atoms with Gasteiger partial charge in [-0.2, -0.15) is 0 Å². The molecule has 2 aromatic carbocycles. The molecule has 2 rings (SSSR count). The lowest BCUT2D eigenvalue weighted by molar-refractivity contribution is 0.599. The summed E-state index contributed by atoms with van der Waals surface area (Å²) in [7, 11) is -3.85. The standard InChI is InChI=1S/C13H10ClFN2O2S2/c14-11-7-8(13(16)20)1-6-12(11)17-21(18,19)10-4-2-9(15)3-5-10/h1-7,17H,(H2,16,20). The highest BCUT2D eigenvalue weighted by Gasteiger charge is 2.16. The summed E-state index contributed by atoms with van der Waals surface area (Å²) in [5, 5.41) is 0.158. The van der Waals surface area contributed by atoms with Gasteiger partial charge in [0.2, 0.25) is 0 Å². The first-order valence-corrected chi connectivity index (χ1v) is 7.94. The molecule has 0 atom stereocenters. The molecule has 2 aromatic rings. The molecule has 0 amide bonds. The lowest BCUT2D eigenvalue weighted by Gasteiger charge is -2.10. The number of rotatable bonds is 4. The van der Waals surface area contributed by atoms with Crippen LogP contribution in [0.4, 0.5) is 10.1 Å². The Morgan fingerprint density at radius 1 is 1.19 bits per heavy atom. The minimum atomic E-state index is -3.85. The topological polar surface area (TPSA) is 72.2 Å². The first kappa shape index (κ1) is 15.7. The molecule has 3 N–H and O–H groups in total. The largest absolute Gasteiger partial charge is 0.389 e. The van der Waals surface area contributed by atoms with Crippen molar-refractivity contribution in [2.75, 3.05) is 4.72 Å². The van der Waals surface area contributed by atoms with Crippen LogP contribution in [0.25, 0.3) is 0 Å². The molecule has 0 aliphatic rings. The van der Waals surface area contributed by atoms with E-state index < -0.39 is 15.8 Å². The third kappa shape index (κ3) is 3.69. The highest BCUT2D eigenvalue weighted by Crippen LogP contribution is 2.25. The van der Waals surface area contributed by atoms with Gasteiger partial charge in [-0.1, -0.05) is 23.8 Å². The maximum Gasteiger partial charge on any atom is 0.261 e. The number of anilines is 1. The summed E-state index contributed by atoms with van der Waals surface area (Å²) in [5.74, 6) is -0.521. The Bertz CT molecular complexity index is 792. The molecule has 0 bridgehead atoms. The number of hydrogen-bond acceptors (Lipinski definition) is 3. The third-order valence-electron chi connectivity index (χ3n) is 2.62. The summed E-state index contributed by atoms with van der Waals surface area (Å²) >= 11 is 10.8. The van der Waals surface area contributed by atoms with E-state index in [0.717, 1.165) is 24.3 Å². The lowest BCUT2D eigenvalue weighted by Crippen LogP contribution is -2.14. The maximum atomic E-state index is 12.8. The fraction of sp³-hybridized carbons (Fsp3) is 0. The van der Waals surface area contributed by atoms with E-state index in [1.165, 1.54) is 12.1 Å². The molecule has 0 spiro atoms. The average molecular weight is 345 g/mol. The molecule has 0 aromatic heterocycles. The summed E-state index contributed by atoms with van der Waals surface area (Å²) in [5.41, 5.74) is 6.17. The minimum absolute atomic E-state index is 0.0709. The van der Waals surface area contributed by atoms with E-state index in [1.807, 2.05) is 0 Å². The molecule has 8 heteroatoms. The molecule has 21 heavy (non-hydrogen) atoms. The van der Waals surface area contributed by atoms with E-state index in [4.69, 9.17) is 29.6 Å². The lowest BCUT2D eigenvalue weighted by atomic mass is 10.2. The molecule has 0 unspecified atom stereocenters. The van der Waals surface area contributed by atoms with Gasteiger partial charge in [-0.3, -0.25) is 4.72 Å². The molecule has 0 aliphatic heterocycles. The molecular weight excluding hydrogens is 335 g/mol. The van der Waals surface area contributed by atoms with Gasteiger partial charge in [0, 0.05) is 5.56 Å². The van der Waals surface area contributed by atoms with Crippen LogP contribution in [-0.4, -0.2) is 13.4 Å². The predicted octanol–water partition coefficient (Wildman–Crippen LogP) is 2.91. The van der Waals surface area contributed by atoms with Crippen LogP contribution in [0, 0.1) is 5.82 Å². The van der Waals surface area contributed by atoms with E-state index in [-0.39, 0.29) is 20.6 Å². The van der Waals surface area contributed by atoms with Gasteiger partial charge in [0.15, 0.2) is 0 Å². The number of hydrogen-bond donors (Lipinski definition) is 2. The number of nitrogens with two attached hydrogens (primary N) is 1. The van der Waals surface area contributed by atoms with Crippen molar-refractivity contribution in [1.82, 2.24) is 0 Å². The second-order valence-electron chi connectivity index (χ2n) is 4.12. The SMILES string of the molecule is NC(=S)c1ccc(NS(=O)(=O)c2ccc(F)cc2)c(Cl)c1. The molecule has 0 heterocycles. The summed E-state index contributed by atoms with van der Waals surface area (Å²) in [6, 6.07) is 8.92. The number of sulfonamides is 1. The van der Waals surface area contributed by atoms with Crippen LogP contribution in [0.2, 0.25) is 5.02 Å². The van der Waals surface area contributed by atoms with Crippen LogP contribution in [-0.2, 0) is 10.0 Å². The number of thiocarbonyl (C=S) groups is 1. The van der Waals surface area contributed by atoms with Crippen molar-refractivity contribution < 1.29 is 12.8 Å². The van der Waals surface area contributed by atoms with Gasteiger partial charge in [-0.15, -0.1) is 0 Å². The predicted molar refractivity (Wildman–Crippen MR) is 84.5 cm³/mol. The summed E-state index contributed by atoms with van der Waals surface area (Å²) in [6.07, 6.45) is 0. The average Bonchev–Trinajstić information content (AvgIpc) is 2.41. The first-order valence-electron chi connectivity index (χ1n) is 5.67. The first-order chi connectivity index (χ1) is 9.79. The van der Waals surface area contributed by atoms with E-state index in [0.29, 0.717) is 5.56 Å². The van der Waals surface area contributed by atoms with Crippen molar-refractivity contribution in [3.63, 3.8) is 0 Å². The van der Waals surface area contributed by atoms with Crippen LogP contribution in [0.15, 0.2) is 47.4 Å². The molecule has 0 radical (unpaired) electrons. The molecule has 0 saturated heterocycles. The van der Waals surface area contributed by atoms with Gasteiger partial charge in [0.25, 0.3) is 10.0 Å². The zero-order valence-corrected chi connectivity index (χ0v) is 12.9.